The van der Waals surface area contributed by atoms with Crippen molar-refractivity contribution >= 4 is 17.2 Å². The van der Waals surface area contributed by atoms with Crippen molar-refractivity contribution < 1.29 is 9.90 Å². The molecule has 0 aliphatic rings. The summed E-state index contributed by atoms with van der Waals surface area (Å²) in [5, 5.41) is 13.3. The maximum absolute atomic E-state index is 11.9. The number of thiophene rings is 1. The number of carbonyl (C=O) groups excluding carboxylic acids is 1. The predicted molar refractivity (Wildman–Crippen MR) is 82.1 cm³/mol. The summed E-state index contributed by atoms with van der Waals surface area (Å²) in [5.74, 6) is 6.61. The minimum absolute atomic E-state index is 0.0569. The number of aliphatic hydroxyl groups is 1. The lowest BCUT2D eigenvalue weighted by Crippen LogP contribution is -2.24. The van der Waals surface area contributed by atoms with Gasteiger partial charge in [-0.15, -0.1) is 11.3 Å². The molecule has 2 rings (SSSR count). The Labute approximate surface area is 127 Å². The first-order valence-electron chi connectivity index (χ1n) is 6.74. The number of amides is 1. The predicted octanol–water partition coefficient (Wildman–Crippen LogP) is 1.57. The Bertz CT molecular complexity index is 623. The molecule has 0 aliphatic carbocycles. The Morgan fingerprint density at radius 1 is 1.52 bits per heavy atom. The molecule has 3 N–H and O–H groups in total. The first-order valence-corrected chi connectivity index (χ1v) is 7.62. The Kier molecular flexibility index (Phi) is 6.00. The molecule has 0 spiro atoms. The van der Waals surface area contributed by atoms with Crippen LogP contribution < -0.4 is 5.32 Å². The van der Waals surface area contributed by atoms with Gasteiger partial charge in [-0.2, -0.15) is 0 Å². The number of aryl methyl sites for hydroxylation is 1. The summed E-state index contributed by atoms with van der Waals surface area (Å²) in [6.07, 6.45) is 5.62. The third-order valence-electron chi connectivity index (χ3n) is 2.74. The van der Waals surface area contributed by atoms with Gasteiger partial charge in [-0.25, -0.2) is 4.98 Å². The van der Waals surface area contributed by atoms with Crippen molar-refractivity contribution in [2.45, 2.75) is 19.3 Å². The average Bonchev–Trinajstić information content (AvgIpc) is 3.15. The Morgan fingerprint density at radius 3 is 3.19 bits per heavy atom. The van der Waals surface area contributed by atoms with Crippen LogP contribution in [-0.2, 0) is 6.42 Å². The molecule has 2 heterocycles. The molecule has 0 atom stereocenters. The van der Waals surface area contributed by atoms with Crippen molar-refractivity contribution in [1.82, 2.24) is 15.3 Å². The fourth-order valence-electron chi connectivity index (χ4n) is 1.72. The van der Waals surface area contributed by atoms with Gasteiger partial charge in [0.05, 0.1) is 17.0 Å². The molecule has 0 unspecified atom stereocenters. The first kappa shape index (κ1) is 15.3. The van der Waals surface area contributed by atoms with Crippen LogP contribution in [0.3, 0.4) is 0 Å². The number of carbonyl (C=O) groups is 1. The van der Waals surface area contributed by atoms with Crippen LogP contribution in [0.4, 0.5) is 0 Å². The summed E-state index contributed by atoms with van der Waals surface area (Å²) in [7, 11) is 0. The molecule has 0 bridgehead atoms. The van der Waals surface area contributed by atoms with E-state index in [2.05, 4.69) is 27.1 Å². The minimum atomic E-state index is -0.0825. The van der Waals surface area contributed by atoms with Gasteiger partial charge in [0, 0.05) is 37.2 Å². The molecular weight excluding hydrogens is 286 g/mol. The summed E-state index contributed by atoms with van der Waals surface area (Å²) >= 11 is 1.43. The SMILES string of the molecule is O=C(NCCCc1ncc[nH]1)c1csc(C#CCCO)c1. The topological polar surface area (TPSA) is 78.0 Å². The van der Waals surface area contributed by atoms with Gasteiger partial charge in [0.15, 0.2) is 0 Å². The maximum Gasteiger partial charge on any atom is 0.252 e. The van der Waals surface area contributed by atoms with E-state index in [-0.39, 0.29) is 12.5 Å². The van der Waals surface area contributed by atoms with E-state index in [0.717, 1.165) is 23.5 Å². The van der Waals surface area contributed by atoms with E-state index in [1.165, 1.54) is 11.3 Å². The second-order valence-electron chi connectivity index (χ2n) is 4.37. The van der Waals surface area contributed by atoms with Crippen molar-refractivity contribution in [3.05, 3.63) is 40.1 Å². The second kappa shape index (κ2) is 8.25. The Balaban J connectivity index is 1.74. The summed E-state index contributed by atoms with van der Waals surface area (Å²) < 4.78 is 0. The van der Waals surface area contributed by atoms with E-state index in [1.54, 1.807) is 23.8 Å². The number of hydrogen-bond donors (Lipinski definition) is 3. The molecule has 0 aromatic carbocycles. The van der Waals surface area contributed by atoms with Crippen LogP contribution in [0, 0.1) is 11.8 Å². The van der Waals surface area contributed by atoms with Crippen molar-refractivity contribution in [2.75, 3.05) is 13.2 Å². The lowest BCUT2D eigenvalue weighted by molar-refractivity contribution is 0.0953. The highest BCUT2D eigenvalue weighted by molar-refractivity contribution is 7.10. The van der Waals surface area contributed by atoms with Crippen LogP contribution in [0.5, 0.6) is 0 Å². The quantitative estimate of drug-likeness (QED) is 0.560. The van der Waals surface area contributed by atoms with Gasteiger partial charge < -0.3 is 15.4 Å². The number of aromatic amines is 1. The molecule has 0 aliphatic heterocycles. The van der Waals surface area contributed by atoms with Crippen LogP contribution in [0.25, 0.3) is 0 Å². The fraction of sp³-hybridized carbons (Fsp3) is 0.333. The number of imidazole rings is 1. The van der Waals surface area contributed by atoms with E-state index in [1.807, 2.05) is 0 Å². The molecule has 110 valence electrons. The lowest BCUT2D eigenvalue weighted by Gasteiger charge is -2.02. The third-order valence-corrected chi connectivity index (χ3v) is 3.59. The molecule has 6 heteroatoms. The van der Waals surface area contributed by atoms with E-state index >= 15 is 0 Å². The van der Waals surface area contributed by atoms with E-state index in [9.17, 15) is 4.79 Å². The monoisotopic (exact) mass is 303 g/mol. The zero-order valence-corrected chi connectivity index (χ0v) is 12.4. The molecule has 1 amide bonds. The molecule has 2 aromatic rings. The molecule has 21 heavy (non-hydrogen) atoms. The van der Waals surface area contributed by atoms with E-state index in [4.69, 9.17) is 5.11 Å². The molecule has 0 radical (unpaired) electrons. The van der Waals surface area contributed by atoms with Gasteiger partial charge in [0.1, 0.15) is 5.82 Å². The van der Waals surface area contributed by atoms with Crippen LogP contribution in [-0.4, -0.2) is 34.1 Å². The Morgan fingerprint density at radius 2 is 2.43 bits per heavy atom. The van der Waals surface area contributed by atoms with Crippen LogP contribution in [0.1, 0.15) is 33.9 Å². The van der Waals surface area contributed by atoms with Crippen molar-refractivity contribution in [1.29, 1.82) is 0 Å². The minimum Gasteiger partial charge on any atom is -0.395 e. The second-order valence-corrected chi connectivity index (χ2v) is 5.28. The van der Waals surface area contributed by atoms with E-state index in [0.29, 0.717) is 18.5 Å². The first-order chi connectivity index (χ1) is 10.3. The van der Waals surface area contributed by atoms with E-state index < -0.39 is 0 Å². The van der Waals surface area contributed by atoms with Gasteiger partial charge >= 0.3 is 0 Å². The number of nitrogens with one attached hydrogen (secondary N) is 2. The molecular formula is C15H17N3O2S. The van der Waals surface area contributed by atoms with Gasteiger partial charge in [-0.1, -0.05) is 11.8 Å². The molecule has 0 saturated carbocycles. The maximum atomic E-state index is 11.9. The highest BCUT2D eigenvalue weighted by Gasteiger charge is 2.07. The summed E-state index contributed by atoms with van der Waals surface area (Å²) in [4.78, 5) is 19.9. The van der Waals surface area contributed by atoms with Gasteiger partial charge in [-0.05, 0) is 12.5 Å². The van der Waals surface area contributed by atoms with Gasteiger partial charge in [0.25, 0.3) is 5.91 Å². The molecule has 0 fully saturated rings. The molecule has 5 nitrogen and oxygen atoms in total. The number of aliphatic hydroxyl groups excluding tert-OH is 1. The normalized spacial score (nSPS) is 9.95. The number of aromatic nitrogens is 2. The third kappa shape index (κ3) is 5.06. The molecule has 2 aromatic heterocycles. The van der Waals surface area contributed by atoms with Gasteiger partial charge in [-0.3, -0.25) is 4.79 Å². The van der Waals surface area contributed by atoms with Gasteiger partial charge in [0.2, 0.25) is 0 Å². The van der Waals surface area contributed by atoms with Crippen LogP contribution >= 0.6 is 11.3 Å². The van der Waals surface area contributed by atoms with Crippen LogP contribution in [0.15, 0.2) is 23.8 Å². The zero-order valence-electron chi connectivity index (χ0n) is 11.6. The van der Waals surface area contributed by atoms with Crippen LogP contribution in [0.2, 0.25) is 0 Å². The van der Waals surface area contributed by atoms with Crippen molar-refractivity contribution in [2.24, 2.45) is 0 Å². The number of rotatable bonds is 6. The highest BCUT2D eigenvalue weighted by Crippen LogP contribution is 2.13. The van der Waals surface area contributed by atoms with Crippen molar-refractivity contribution in [3.63, 3.8) is 0 Å². The standard InChI is InChI=1S/C15H17N3O2S/c19-9-2-1-4-13-10-12(11-21-13)15(20)18-6-3-5-14-16-7-8-17-14/h7-8,10-11,19H,2-3,5-6,9H2,(H,16,17)(H,18,20). The summed E-state index contributed by atoms with van der Waals surface area (Å²) in [6, 6.07) is 1.77. The Hall–Kier alpha value is -2.10. The number of H-pyrrole nitrogens is 1. The summed E-state index contributed by atoms with van der Waals surface area (Å²) in [5.41, 5.74) is 0.631. The largest absolute Gasteiger partial charge is 0.395 e. The number of hydrogen-bond acceptors (Lipinski definition) is 4. The fourth-order valence-corrected chi connectivity index (χ4v) is 2.48. The lowest BCUT2D eigenvalue weighted by atomic mass is 10.2. The highest BCUT2D eigenvalue weighted by atomic mass is 32.1. The van der Waals surface area contributed by atoms with Crippen molar-refractivity contribution in [3.8, 4) is 11.8 Å². The average molecular weight is 303 g/mol. The number of nitrogens with zero attached hydrogens (tertiary/aromatic N) is 1. The smallest absolute Gasteiger partial charge is 0.252 e. The zero-order chi connectivity index (χ0) is 14.9. The summed E-state index contributed by atoms with van der Waals surface area (Å²) in [6.45, 7) is 0.669. The molecule has 0 saturated heterocycles.